The minimum Gasteiger partial charge on any atom is -0.323 e. The zero-order valence-corrected chi connectivity index (χ0v) is 11.3. The number of nitrogens with two attached hydrogens (primary N) is 1. The van der Waals surface area contributed by atoms with Crippen LogP contribution in [0.2, 0.25) is 0 Å². The summed E-state index contributed by atoms with van der Waals surface area (Å²) < 4.78 is 0. The van der Waals surface area contributed by atoms with Gasteiger partial charge >= 0.3 is 0 Å². The fourth-order valence-corrected chi connectivity index (χ4v) is 2.43. The highest BCUT2D eigenvalue weighted by Gasteiger charge is 2.04. The van der Waals surface area contributed by atoms with Crippen LogP contribution in [0, 0.1) is 5.92 Å². The van der Waals surface area contributed by atoms with Gasteiger partial charge in [0.1, 0.15) is 0 Å². The van der Waals surface area contributed by atoms with Crippen molar-refractivity contribution < 1.29 is 0 Å². The van der Waals surface area contributed by atoms with Crippen molar-refractivity contribution in [3.05, 3.63) is 24.0 Å². The van der Waals surface area contributed by atoms with Gasteiger partial charge in [0.25, 0.3) is 0 Å². The molecule has 0 fully saturated rings. The molecule has 1 atom stereocenters. The van der Waals surface area contributed by atoms with Crippen molar-refractivity contribution in [3.8, 4) is 0 Å². The Balaban J connectivity index is 2.45. The number of nitrogens with zero attached hydrogens (tertiary/aromatic N) is 1. The first kappa shape index (κ1) is 13.5. The fraction of sp³-hybridized carbons (Fsp3) is 0.615. The molecule has 0 radical (unpaired) electrons. The molecule has 3 heteroatoms. The Morgan fingerprint density at radius 2 is 2.12 bits per heavy atom. The van der Waals surface area contributed by atoms with E-state index in [-0.39, 0.29) is 6.04 Å². The van der Waals surface area contributed by atoms with Crippen molar-refractivity contribution in [2.24, 2.45) is 11.7 Å². The van der Waals surface area contributed by atoms with E-state index < -0.39 is 0 Å². The molecule has 16 heavy (non-hydrogen) atoms. The Kier molecular flexibility index (Phi) is 5.85. The standard InChI is InChI=1S/C13H22N2S/c1-4-12(14)13-6-5-11(9-15-13)16-8-7-10(2)3/h5-6,9-10,12H,4,7-8,14H2,1-3H3/t12-/m0/s1. The van der Waals surface area contributed by atoms with E-state index in [4.69, 9.17) is 5.73 Å². The second-order valence-electron chi connectivity index (χ2n) is 4.46. The molecule has 2 N–H and O–H groups in total. The highest BCUT2D eigenvalue weighted by atomic mass is 32.2. The third-order valence-corrected chi connectivity index (χ3v) is 3.56. The van der Waals surface area contributed by atoms with Gasteiger partial charge in [-0.15, -0.1) is 11.8 Å². The molecular formula is C13H22N2S. The minimum absolute atomic E-state index is 0.0784. The highest BCUT2D eigenvalue weighted by molar-refractivity contribution is 7.99. The summed E-state index contributed by atoms with van der Waals surface area (Å²) in [5.74, 6) is 1.94. The zero-order chi connectivity index (χ0) is 12.0. The second-order valence-corrected chi connectivity index (χ2v) is 5.63. The number of pyridine rings is 1. The molecule has 0 amide bonds. The van der Waals surface area contributed by atoms with Gasteiger partial charge in [-0.3, -0.25) is 4.98 Å². The van der Waals surface area contributed by atoms with E-state index in [9.17, 15) is 0 Å². The van der Waals surface area contributed by atoms with E-state index in [1.54, 1.807) is 0 Å². The molecule has 90 valence electrons. The van der Waals surface area contributed by atoms with Gasteiger partial charge in [0, 0.05) is 17.1 Å². The van der Waals surface area contributed by atoms with Gasteiger partial charge < -0.3 is 5.73 Å². The number of rotatable bonds is 6. The van der Waals surface area contributed by atoms with Crippen LogP contribution in [0.15, 0.2) is 23.2 Å². The maximum absolute atomic E-state index is 5.91. The molecule has 1 heterocycles. The van der Waals surface area contributed by atoms with Crippen molar-refractivity contribution in [1.82, 2.24) is 4.98 Å². The average molecular weight is 238 g/mol. The van der Waals surface area contributed by atoms with Gasteiger partial charge in [-0.25, -0.2) is 0 Å². The summed E-state index contributed by atoms with van der Waals surface area (Å²) in [5.41, 5.74) is 6.91. The Labute approximate surface area is 103 Å². The Hall–Kier alpha value is -0.540. The Bertz CT molecular complexity index is 295. The summed E-state index contributed by atoms with van der Waals surface area (Å²) in [6.45, 7) is 6.59. The van der Waals surface area contributed by atoms with E-state index >= 15 is 0 Å². The lowest BCUT2D eigenvalue weighted by molar-refractivity contribution is 0.632. The summed E-state index contributed by atoms with van der Waals surface area (Å²) in [7, 11) is 0. The van der Waals surface area contributed by atoms with Crippen molar-refractivity contribution >= 4 is 11.8 Å². The molecule has 2 nitrogen and oxygen atoms in total. The molecule has 1 rings (SSSR count). The Morgan fingerprint density at radius 1 is 1.38 bits per heavy atom. The summed E-state index contributed by atoms with van der Waals surface area (Å²) >= 11 is 1.87. The molecule has 0 unspecified atom stereocenters. The van der Waals surface area contributed by atoms with Crippen LogP contribution in [-0.2, 0) is 0 Å². The molecular weight excluding hydrogens is 216 g/mol. The molecule has 0 aromatic carbocycles. The van der Waals surface area contributed by atoms with Crippen molar-refractivity contribution in [2.75, 3.05) is 5.75 Å². The van der Waals surface area contributed by atoms with Gasteiger partial charge in [-0.2, -0.15) is 0 Å². The maximum atomic E-state index is 5.91. The van der Waals surface area contributed by atoms with E-state index in [0.717, 1.165) is 18.0 Å². The van der Waals surface area contributed by atoms with Crippen LogP contribution in [0.1, 0.15) is 45.3 Å². The predicted molar refractivity (Wildman–Crippen MR) is 71.6 cm³/mol. The topological polar surface area (TPSA) is 38.9 Å². The van der Waals surface area contributed by atoms with Crippen LogP contribution in [0.5, 0.6) is 0 Å². The third kappa shape index (κ3) is 4.54. The molecule has 1 aromatic heterocycles. The van der Waals surface area contributed by atoms with E-state index in [1.165, 1.54) is 17.1 Å². The average Bonchev–Trinajstić information content (AvgIpc) is 2.28. The third-order valence-electron chi connectivity index (χ3n) is 2.54. The van der Waals surface area contributed by atoms with Crippen molar-refractivity contribution in [3.63, 3.8) is 0 Å². The highest BCUT2D eigenvalue weighted by Crippen LogP contribution is 2.21. The lowest BCUT2D eigenvalue weighted by Gasteiger charge is -2.09. The van der Waals surface area contributed by atoms with Gasteiger partial charge in [0.2, 0.25) is 0 Å². The van der Waals surface area contributed by atoms with Crippen molar-refractivity contribution in [1.29, 1.82) is 0 Å². The first-order valence-electron chi connectivity index (χ1n) is 5.97. The van der Waals surface area contributed by atoms with E-state index in [2.05, 4.69) is 31.8 Å². The molecule has 1 aromatic rings. The van der Waals surface area contributed by atoms with Gasteiger partial charge in [0.15, 0.2) is 0 Å². The van der Waals surface area contributed by atoms with Crippen LogP contribution in [0.3, 0.4) is 0 Å². The summed E-state index contributed by atoms with van der Waals surface area (Å²) in [5, 5.41) is 0. The minimum atomic E-state index is 0.0784. The SMILES string of the molecule is CC[C@H](N)c1ccc(SCCC(C)C)cn1. The largest absolute Gasteiger partial charge is 0.323 e. The zero-order valence-electron chi connectivity index (χ0n) is 10.4. The fourth-order valence-electron chi connectivity index (χ4n) is 1.32. The first-order valence-corrected chi connectivity index (χ1v) is 6.96. The van der Waals surface area contributed by atoms with Crippen LogP contribution in [0.4, 0.5) is 0 Å². The van der Waals surface area contributed by atoms with Gasteiger partial charge in [-0.1, -0.05) is 20.8 Å². The van der Waals surface area contributed by atoms with Crippen LogP contribution in [-0.4, -0.2) is 10.7 Å². The molecule has 0 aliphatic carbocycles. The molecule has 0 saturated carbocycles. The summed E-state index contributed by atoms with van der Waals surface area (Å²) in [4.78, 5) is 5.64. The predicted octanol–water partition coefficient (Wildman–Crippen LogP) is 3.63. The van der Waals surface area contributed by atoms with Crippen LogP contribution < -0.4 is 5.73 Å². The first-order chi connectivity index (χ1) is 7.63. The smallest absolute Gasteiger partial charge is 0.0571 e. The van der Waals surface area contributed by atoms with E-state index in [0.29, 0.717) is 0 Å². The van der Waals surface area contributed by atoms with E-state index in [1.807, 2.05) is 24.0 Å². The lowest BCUT2D eigenvalue weighted by Crippen LogP contribution is -2.10. The maximum Gasteiger partial charge on any atom is 0.0571 e. The van der Waals surface area contributed by atoms with Crippen molar-refractivity contribution in [2.45, 2.75) is 44.6 Å². The summed E-state index contributed by atoms with van der Waals surface area (Å²) in [6.07, 6.45) is 4.13. The number of hydrogen-bond donors (Lipinski definition) is 1. The lowest BCUT2D eigenvalue weighted by atomic mass is 10.1. The van der Waals surface area contributed by atoms with Gasteiger partial charge in [-0.05, 0) is 36.6 Å². The molecule has 0 aliphatic heterocycles. The molecule has 0 aliphatic rings. The number of thioether (sulfide) groups is 1. The number of hydrogen-bond acceptors (Lipinski definition) is 3. The molecule has 0 spiro atoms. The normalized spacial score (nSPS) is 13.1. The van der Waals surface area contributed by atoms with Crippen LogP contribution in [0.25, 0.3) is 0 Å². The Morgan fingerprint density at radius 3 is 2.62 bits per heavy atom. The summed E-state index contributed by atoms with van der Waals surface area (Å²) in [6, 6.07) is 4.25. The monoisotopic (exact) mass is 238 g/mol. The molecule has 0 saturated heterocycles. The van der Waals surface area contributed by atoms with Crippen LogP contribution >= 0.6 is 11.8 Å². The van der Waals surface area contributed by atoms with Gasteiger partial charge in [0.05, 0.1) is 5.69 Å². The molecule has 0 bridgehead atoms. The second kappa shape index (κ2) is 6.92. The number of aromatic nitrogens is 1. The quantitative estimate of drug-likeness (QED) is 0.769.